The van der Waals surface area contributed by atoms with Crippen molar-refractivity contribution in [2.45, 2.75) is 39.7 Å². The summed E-state index contributed by atoms with van der Waals surface area (Å²) in [7, 11) is 0. The number of carbonyl (C=O) groups is 1. The predicted octanol–water partition coefficient (Wildman–Crippen LogP) is 6.21. The molecule has 0 saturated carbocycles. The van der Waals surface area contributed by atoms with Crippen molar-refractivity contribution in [2.75, 3.05) is 6.54 Å². The van der Waals surface area contributed by atoms with Crippen LogP contribution in [-0.4, -0.2) is 26.9 Å². The molecule has 0 aliphatic carbocycles. The fourth-order valence-electron chi connectivity index (χ4n) is 4.33. The SMILES string of the molecule is CCCN(C(=O)c1ccccc1Cl)C(C)c1nc2ccccc2c(=O)n1-c1ccccc1CC. The summed E-state index contributed by atoms with van der Waals surface area (Å²) in [6, 6.07) is 21.8. The van der Waals surface area contributed by atoms with Crippen molar-refractivity contribution in [3.8, 4) is 5.69 Å². The smallest absolute Gasteiger partial charge is 0.266 e. The summed E-state index contributed by atoms with van der Waals surface area (Å²) in [4.78, 5) is 34.1. The number of hydrogen-bond donors (Lipinski definition) is 0. The molecule has 0 fully saturated rings. The van der Waals surface area contributed by atoms with E-state index in [1.54, 1.807) is 39.8 Å². The molecule has 1 heterocycles. The first-order valence-corrected chi connectivity index (χ1v) is 12.0. The van der Waals surface area contributed by atoms with Gasteiger partial charge < -0.3 is 4.90 Å². The van der Waals surface area contributed by atoms with Crippen molar-refractivity contribution >= 4 is 28.4 Å². The zero-order valence-corrected chi connectivity index (χ0v) is 20.4. The van der Waals surface area contributed by atoms with Crippen molar-refractivity contribution in [2.24, 2.45) is 0 Å². The molecule has 4 aromatic rings. The van der Waals surface area contributed by atoms with Gasteiger partial charge in [0.15, 0.2) is 0 Å². The van der Waals surface area contributed by atoms with E-state index in [4.69, 9.17) is 16.6 Å². The topological polar surface area (TPSA) is 55.2 Å². The zero-order valence-electron chi connectivity index (χ0n) is 19.7. The van der Waals surface area contributed by atoms with E-state index in [2.05, 4.69) is 6.92 Å². The van der Waals surface area contributed by atoms with E-state index < -0.39 is 6.04 Å². The Bertz CT molecular complexity index is 1400. The number of aryl methyl sites for hydroxylation is 1. The van der Waals surface area contributed by atoms with Crippen molar-refractivity contribution in [3.63, 3.8) is 0 Å². The van der Waals surface area contributed by atoms with Crippen LogP contribution in [0.1, 0.15) is 55.0 Å². The van der Waals surface area contributed by atoms with Gasteiger partial charge in [0, 0.05) is 6.54 Å². The first-order chi connectivity index (χ1) is 16.5. The number of nitrogens with zero attached hydrogens (tertiary/aromatic N) is 3. The van der Waals surface area contributed by atoms with Crippen LogP contribution >= 0.6 is 11.6 Å². The second-order valence-corrected chi connectivity index (χ2v) is 8.67. The summed E-state index contributed by atoms with van der Waals surface area (Å²) in [5.41, 5.74) is 2.73. The Morgan fingerprint density at radius 3 is 2.41 bits per heavy atom. The molecule has 3 aromatic carbocycles. The van der Waals surface area contributed by atoms with Gasteiger partial charge in [-0.25, -0.2) is 4.98 Å². The van der Waals surface area contributed by atoms with Gasteiger partial charge in [0.1, 0.15) is 5.82 Å². The molecule has 0 bridgehead atoms. The summed E-state index contributed by atoms with van der Waals surface area (Å²) in [5.74, 6) is 0.344. The fourth-order valence-corrected chi connectivity index (χ4v) is 4.55. The number of benzene rings is 3. The largest absolute Gasteiger partial charge is 0.329 e. The van der Waals surface area contributed by atoms with Crippen LogP contribution in [-0.2, 0) is 6.42 Å². The summed E-state index contributed by atoms with van der Waals surface area (Å²) < 4.78 is 1.67. The minimum absolute atomic E-state index is 0.144. The van der Waals surface area contributed by atoms with E-state index in [0.717, 1.165) is 24.1 Å². The van der Waals surface area contributed by atoms with Crippen LogP contribution in [0.5, 0.6) is 0 Å². The van der Waals surface area contributed by atoms with Crippen molar-refractivity contribution in [1.29, 1.82) is 0 Å². The Labute approximate surface area is 204 Å². The van der Waals surface area contributed by atoms with E-state index in [0.29, 0.717) is 33.9 Å². The van der Waals surface area contributed by atoms with Crippen LogP contribution in [0.4, 0.5) is 0 Å². The van der Waals surface area contributed by atoms with E-state index in [1.165, 1.54) is 0 Å². The molecule has 34 heavy (non-hydrogen) atoms. The Morgan fingerprint density at radius 2 is 1.68 bits per heavy atom. The van der Waals surface area contributed by atoms with Crippen LogP contribution in [0.25, 0.3) is 16.6 Å². The Hall–Kier alpha value is -3.44. The van der Waals surface area contributed by atoms with Crippen LogP contribution in [0, 0.1) is 0 Å². The van der Waals surface area contributed by atoms with Gasteiger partial charge >= 0.3 is 0 Å². The standard InChI is InChI=1S/C28H28ClN3O2/c1-4-18-31(27(33)21-13-7-9-15-23(21)29)19(3)26-30-24-16-10-8-14-22(24)28(34)32(26)25-17-11-6-12-20(25)5-2/h6-17,19H,4-5,18H2,1-3H3. The molecule has 6 heteroatoms. The van der Waals surface area contributed by atoms with E-state index in [-0.39, 0.29) is 11.5 Å². The van der Waals surface area contributed by atoms with E-state index in [9.17, 15) is 9.59 Å². The quantitative estimate of drug-likeness (QED) is 0.320. The highest BCUT2D eigenvalue weighted by Gasteiger charge is 2.28. The summed E-state index contributed by atoms with van der Waals surface area (Å²) in [5, 5.41) is 0.949. The highest BCUT2D eigenvalue weighted by Crippen LogP contribution is 2.27. The number of carbonyl (C=O) groups excluding carboxylic acids is 1. The van der Waals surface area contributed by atoms with Crippen LogP contribution in [0.15, 0.2) is 77.6 Å². The van der Waals surface area contributed by atoms with Gasteiger partial charge in [0.05, 0.1) is 33.2 Å². The van der Waals surface area contributed by atoms with Crippen LogP contribution in [0.3, 0.4) is 0 Å². The number of rotatable bonds is 7. The van der Waals surface area contributed by atoms with Gasteiger partial charge in [-0.1, -0.05) is 67.9 Å². The molecule has 1 unspecified atom stereocenters. The van der Waals surface area contributed by atoms with Crippen molar-refractivity contribution in [3.05, 3.63) is 105 Å². The summed E-state index contributed by atoms with van der Waals surface area (Å²) in [6.07, 6.45) is 1.52. The second kappa shape index (κ2) is 10.2. The predicted molar refractivity (Wildman–Crippen MR) is 138 cm³/mol. The minimum Gasteiger partial charge on any atom is -0.329 e. The lowest BCUT2D eigenvalue weighted by Gasteiger charge is -2.31. The Morgan fingerprint density at radius 1 is 1.00 bits per heavy atom. The van der Waals surface area contributed by atoms with E-state index in [1.807, 2.05) is 56.3 Å². The molecule has 1 aromatic heterocycles. The number of halogens is 1. The molecule has 1 amide bonds. The van der Waals surface area contributed by atoms with Gasteiger partial charge in [-0.15, -0.1) is 0 Å². The number of fused-ring (bicyclic) bond motifs is 1. The van der Waals surface area contributed by atoms with Gasteiger partial charge in [0.2, 0.25) is 0 Å². The van der Waals surface area contributed by atoms with E-state index >= 15 is 0 Å². The minimum atomic E-state index is -0.467. The molecule has 0 radical (unpaired) electrons. The summed E-state index contributed by atoms with van der Waals surface area (Å²) in [6.45, 7) is 6.51. The van der Waals surface area contributed by atoms with Gasteiger partial charge in [-0.2, -0.15) is 0 Å². The normalized spacial score (nSPS) is 12.0. The molecule has 0 saturated heterocycles. The van der Waals surface area contributed by atoms with Gasteiger partial charge in [-0.3, -0.25) is 14.2 Å². The highest BCUT2D eigenvalue weighted by molar-refractivity contribution is 6.33. The van der Waals surface area contributed by atoms with Crippen LogP contribution in [0.2, 0.25) is 5.02 Å². The third kappa shape index (κ3) is 4.36. The molecular formula is C28H28ClN3O2. The average Bonchev–Trinajstić information content (AvgIpc) is 2.87. The third-order valence-corrected chi connectivity index (χ3v) is 6.42. The molecule has 0 aliphatic rings. The number of para-hydroxylation sites is 2. The Balaban J connectivity index is 1.95. The molecule has 0 spiro atoms. The van der Waals surface area contributed by atoms with Gasteiger partial charge in [-0.05, 0) is 55.7 Å². The summed E-state index contributed by atoms with van der Waals surface area (Å²) >= 11 is 6.37. The first kappa shape index (κ1) is 23.7. The molecule has 0 N–H and O–H groups in total. The molecule has 174 valence electrons. The molecular weight excluding hydrogens is 446 g/mol. The fraction of sp³-hybridized carbons (Fsp3) is 0.250. The average molecular weight is 474 g/mol. The number of aromatic nitrogens is 2. The lowest BCUT2D eigenvalue weighted by Crippen LogP contribution is -2.38. The van der Waals surface area contributed by atoms with Gasteiger partial charge in [0.25, 0.3) is 11.5 Å². The lowest BCUT2D eigenvalue weighted by atomic mass is 10.1. The zero-order chi connectivity index (χ0) is 24.2. The molecule has 4 rings (SSSR count). The monoisotopic (exact) mass is 473 g/mol. The molecule has 0 aliphatic heterocycles. The van der Waals surface area contributed by atoms with Crippen LogP contribution < -0.4 is 5.56 Å². The third-order valence-electron chi connectivity index (χ3n) is 6.09. The van der Waals surface area contributed by atoms with Crippen molar-refractivity contribution in [1.82, 2.24) is 14.5 Å². The number of hydrogen-bond acceptors (Lipinski definition) is 3. The number of amides is 1. The first-order valence-electron chi connectivity index (χ1n) is 11.6. The maximum Gasteiger partial charge on any atom is 0.266 e. The molecule has 5 nitrogen and oxygen atoms in total. The maximum absolute atomic E-state index is 13.8. The lowest BCUT2D eigenvalue weighted by molar-refractivity contribution is 0.0681. The Kier molecular flexibility index (Phi) is 7.13. The maximum atomic E-state index is 13.8. The highest BCUT2D eigenvalue weighted by atomic mass is 35.5. The molecule has 1 atom stereocenters. The second-order valence-electron chi connectivity index (χ2n) is 8.26. The van der Waals surface area contributed by atoms with Crippen molar-refractivity contribution < 1.29 is 4.79 Å².